The van der Waals surface area contributed by atoms with Crippen molar-refractivity contribution in [2.75, 3.05) is 13.2 Å². The van der Waals surface area contributed by atoms with Crippen molar-refractivity contribution in [3.63, 3.8) is 0 Å². The lowest BCUT2D eigenvalue weighted by Gasteiger charge is -2.22. The lowest BCUT2D eigenvalue weighted by atomic mass is 10.0. The number of carbonyl (C=O) groups excluding carboxylic acids is 1. The number of ether oxygens (including phenoxy) is 2. The second-order valence-corrected chi connectivity index (χ2v) is 7.03. The minimum Gasteiger partial charge on any atom is -0.481 e. The Morgan fingerprint density at radius 3 is 2.50 bits per heavy atom. The maximum atomic E-state index is 11.6. The Hall–Kier alpha value is -2.03. The first-order valence-electron chi connectivity index (χ1n) is 7.96. The number of aliphatic carboxylic acids is 1. The van der Waals surface area contributed by atoms with E-state index in [4.69, 9.17) is 26.2 Å². The van der Waals surface area contributed by atoms with E-state index in [1.54, 1.807) is 20.8 Å². The molecule has 2 unspecified atom stereocenters. The van der Waals surface area contributed by atoms with Crippen LogP contribution in [0, 0.1) is 0 Å². The molecule has 0 saturated heterocycles. The van der Waals surface area contributed by atoms with E-state index in [0.717, 1.165) is 0 Å². The first-order chi connectivity index (χ1) is 12.0. The van der Waals surface area contributed by atoms with E-state index in [0.29, 0.717) is 5.02 Å². The lowest BCUT2D eigenvalue weighted by Crippen LogP contribution is -2.34. The normalized spacial score (nSPS) is 13.6. The van der Waals surface area contributed by atoms with E-state index < -0.39 is 36.5 Å². The molecule has 4 N–H and O–H groups in total. The number of carboxylic acid groups (broad SMARTS) is 1. The van der Waals surface area contributed by atoms with Crippen LogP contribution in [-0.2, 0) is 9.53 Å². The summed E-state index contributed by atoms with van der Waals surface area (Å²) in [5.74, 6) is -1.13. The number of rotatable bonds is 8. The van der Waals surface area contributed by atoms with Crippen molar-refractivity contribution in [1.82, 2.24) is 5.32 Å². The number of benzene rings is 1. The third-order valence-electron chi connectivity index (χ3n) is 3.12. The first-order valence-corrected chi connectivity index (χ1v) is 8.34. The minimum absolute atomic E-state index is 0.0431. The summed E-state index contributed by atoms with van der Waals surface area (Å²) in [6.07, 6.45) is -3.16. The summed E-state index contributed by atoms with van der Waals surface area (Å²) in [6, 6.07) is 4.28. The molecular weight excluding hydrogens is 366 g/mol. The maximum absolute atomic E-state index is 11.6. The number of hydrogen-bond acceptors (Lipinski definition) is 6. The minimum atomic E-state index is -1.35. The molecule has 0 radical (unpaired) electrons. The van der Waals surface area contributed by atoms with Crippen molar-refractivity contribution in [3.8, 4) is 5.75 Å². The summed E-state index contributed by atoms with van der Waals surface area (Å²) < 4.78 is 10.2. The SMILES string of the molecule is CC(C)(C)OC(=O)NCCC(O)C(O)c1ccc(Cl)cc1OCC(=O)O. The predicted octanol–water partition coefficient (Wildman–Crippen LogP) is 2.11. The zero-order chi connectivity index (χ0) is 19.9. The summed E-state index contributed by atoms with van der Waals surface area (Å²) in [4.78, 5) is 22.2. The van der Waals surface area contributed by atoms with Gasteiger partial charge in [0.25, 0.3) is 0 Å². The average Bonchev–Trinajstić information content (AvgIpc) is 2.50. The highest BCUT2D eigenvalue weighted by molar-refractivity contribution is 6.30. The van der Waals surface area contributed by atoms with Crippen LogP contribution in [0.5, 0.6) is 5.75 Å². The van der Waals surface area contributed by atoms with Gasteiger partial charge in [-0.3, -0.25) is 0 Å². The number of hydrogen-bond donors (Lipinski definition) is 4. The van der Waals surface area contributed by atoms with Gasteiger partial charge in [0.1, 0.15) is 17.5 Å². The van der Waals surface area contributed by atoms with Crippen LogP contribution in [0.25, 0.3) is 0 Å². The van der Waals surface area contributed by atoms with Crippen LogP contribution in [0.1, 0.15) is 38.9 Å². The summed E-state index contributed by atoms with van der Waals surface area (Å²) in [5.41, 5.74) is -0.442. The highest BCUT2D eigenvalue weighted by atomic mass is 35.5. The van der Waals surface area contributed by atoms with Gasteiger partial charge in [0.15, 0.2) is 6.61 Å². The molecule has 0 aliphatic rings. The van der Waals surface area contributed by atoms with Gasteiger partial charge in [-0.05, 0) is 39.3 Å². The van der Waals surface area contributed by atoms with Crippen molar-refractivity contribution in [1.29, 1.82) is 0 Å². The molecule has 9 heteroatoms. The van der Waals surface area contributed by atoms with Crippen LogP contribution in [0.2, 0.25) is 5.02 Å². The molecule has 1 amide bonds. The lowest BCUT2D eigenvalue weighted by molar-refractivity contribution is -0.139. The van der Waals surface area contributed by atoms with E-state index in [2.05, 4.69) is 5.32 Å². The van der Waals surface area contributed by atoms with Gasteiger partial charge in [-0.25, -0.2) is 9.59 Å². The molecule has 8 nitrogen and oxygen atoms in total. The Bertz CT molecular complexity index is 630. The van der Waals surface area contributed by atoms with Crippen LogP contribution in [0.3, 0.4) is 0 Å². The fourth-order valence-electron chi connectivity index (χ4n) is 2.02. The molecule has 0 aliphatic carbocycles. The molecule has 0 bridgehead atoms. The Morgan fingerprint density at radius 2 is 1.92 bits per heavy atom. The second kappa shape index (κ2) is 9.61. The number of carbonyl (C=O) groups is 2. The number of halogens is 1. The van der Waals surface area contributed by atoms with Crippen molar-refractivity contribution in [2.24, 2.45) is 0 Å². The van der Waals surface area contributed by atoms with E-state index in [9.17, 15) is 19.8 Å². The maximum Gasteiger partial charge on any atom is 0.407 e. The number of aliphatic hydroxyl groups excluding tert-OH is 2. The van der Waals surface area contributed by atoms with Gasteiger partial charge in [-0.15, -0.1) is 0 Å². The van der Waals surface area contributed by atoms with Crippen molar-refractivity contribution < 1.29 is 34.4 Å². The third kappa shape index (κ3) is 7.90. The predicted molar refractivity (Wildman–Crippen MR) is 94.4 cm³/mol. The molecule has 0 aliphatic heterocycles. The summed E-state index contributed by atoms with van der Waals surface area (Å²) in [7, 11) is 0. The van der Waals surface area contributed by atoms with Gasteiger partial charge in [0.2, 0.25) is 0 Å². The van der Waals surface area contributed by atoms with E-state index >= 15 is 0 Å². The Morgan fingerprint density at radius 1 is 1.27 bits per heavy atom. The molecule has 0 fully saturated rings. The average molecular weight is 390 g/mol. The summed E-state index contributed by atoms with van der Waals surface area (Å²) >= 11 is 5.85. The fraction of sp³-hybridized carbons (Fsp3) is 0.529. The standard InChI is InChI=1S/C17H24ClNO7/c1-17(2,3)26-16(24)19-7-6-12(20)15(23)11-5-4-10(18)8-13(11)25-9-14(21)22/h4-5,8,12,15,20,23H,6-7,9H2,1-3H3,(H,19,24)(H,21,22). The van der Waals surface area contributed by atoms with Gasteiger partial charge < -0.3 is 30.1 Å². The molecular formula is C17H24ClNO7. The number of carboxylic acids is 1. The fourth-order valence-corrected chi connectivity index (χ4v) is 2.18. The molecule has 0 aromatic heterocycles. The third-order valence-corrected chi connectivity index (χ3v) is 3.35. The van der Waals surface area contributed by atoms with Crippen LogP contribution in [-0.4, -0.2) is 52.2 Å². The van der Waals surface area contributed by atoms with Gasteiger partial charge in [0, 0.05) is 17.1 Å². The van der Waals surface area contributed by atoms with E-state index in [1.165, 1.54) is 18.2 Å². The number of nitrogens with one attached hydrogen (secondary N) is 1. The summed E-state index contributed by atoms with van der Waals surface area (Å²) in [6.45, 7) is 4.64. The van der Waals surface area contributed by atoms with Crippen LogP contribution < -0.4 is 10.1 Å². The molecule has 1 aromatic carbocycles. The highest BCUT2D eigenvalue weighted by Gasteiger charge is 2.23. The number of aliphatic hydroxyl groups is 2. The second-order valence-electron chi connectivity index (χ2n) is 6.59. The first kappa shape index (κ1) is 22.0. The molecule has 0 heterocycles. The number of amides is 1. The van der Waals surface area contributed by atoms with Gasteiger partial charge in [0.05, 0.1) is 6.10 Å². The van der Waals surface area contributed by atoms with Crippen LogP contribution >= 0.6 is 11.6 Å². The van der Waals surface area contributed by atoms with Crippen LogP contribution in [0.4, 0.5) is 4.79 Å². The Labute approximate surface area is 156 Å². The highest BCUT2D eigenvalue weighted by Crippen LogP contribution is 2.31. The smallest absolute Gasteiger partial charge is 0.407 e. The zero-order valence-corrected chi connectivity index (χ0v) is 15.6. The number of alkyl carbamates (subject to hydrolysis) is 1. The van der Waals surface area contributed by atoms with Gasteiger partial charge >= 0.3 is 12.1 Å². The van der Waals surface area contributed by atoms with Crippen molar-refractivity contribution in [2.45, 2.75) is 45.0 Å². The van der Waals surface area contributed by atoms with E-state index in [-0.39, 0.29) is 24.3 Å². The molecule has 146 valence electrons. The topological polar surface area (TPSA) is 125 Å². The van der Waals surface area contributed by atoms with Gasteiger partial charge in [-0.1, -0.05) is 17.7 Å². The van der Waals surface area contributed by atoms with Crippen LogP contribution in [0.15, 0.2) is 18.2 Å². The van der Waals surface area contributed by atoms with E-state index in [1.807, 2.05) is 0 Å². The molecule has 0 saturated carbocycles. The summed E-state index contributed by atoms with van der Waals surface area (Å²) in [5, 5.41) is 31.9. The quantitative estimate of drug-likeness (QED) is 0.536. The largest absolute Gasteiger partial charge is 0.481 e. The van der Waals surface area contributed by atoms with Crippen molar-refractivity contribution in [3.05, 3.63) is 28.8 Å². The Balaban J connectivity index is 2.66. The van der Waals surface area contributed by atoms with Crippen molar-refractivity contribution >= 4 is 23.7 Å². The molecule has 1 rings (SSSR count). The van der Waals surface area contributed by atoms with Gasteiger partial charge in [-0.2, -0.15) is 0 Å². The Kier molecular flexibility index (Phi) is 8.13. The molecule has 2 atom stereocenters. The molecule has 1 aromatic rings. The molecule has 0 spiro atoms. The monoisotopic (exact) mass is 389 g/mol. The zero-order valence-electron chi connectivity index (χ0n) is 14.9. The molecule has 26 heavy (non-hydrogen) atoms.